The number of rotatable bonds is 9. The first kappa shape index (κ1) is 27.8. The lowest BCUT2D eigenvalue weighted by Crippen LogP contribution is -2.27. The highest BCUT2D eigenvalue weighted by Gasteiger charge is 2.43. The van der Waals surface area contributed by atoms with Crippen LogP contribution in [0.25, 0.3) is 0 Å². The predicted octanol–water partition coefficient (Wildman–Crippen LogP) is 8.25. The molecule has 3 heteroatoms. The van der Waals surface area contributed by atoms with Gasteiger partial charge in [0.2, 0.25) is 5.69 Å². The third-order valence-electron chi connectivity index (χ3n) is 8.38. The van der Waals surface area contributed by atoms with Crippen LogP contribution in [-0.2, 0) is 15.6 Å². The van der Waals surface area contributed by atoms with Crippen molar-refractivity contribution in [2.75, 3.05) is 18.5 Å². The summed E-state index contributed by atoms with van der Waals surface area (Å²) in [5.41, 5.74) is 10.6. The van der Waals surface area contributed by atoms with E-state index in [0.29, 0.717) is 6.42 Å². The van der Waals surface area contributed by atoms with Gasteiger partial charge in [0.15, 0.2) is 5.71 Å². The number of benzene rings is 2. The van der Waals surface area contributed by atoms with Gasteiger partial charge in [0.05, 0.1) is 5.41 Å². The Bertz CT molecular complexity index is 1350. The van der Waals surface area contributed by atoms with Crippen molar-refractivity contribution >= 4 is 22.9 Å². The van der Waals surface area contributed by atoms with Gasteiger partial charge in [-0.05, 0) is 71.2 Å². The number of anilines is 1. The third kappa shape index (κ3) is 5.34. The van der Waals surface area contributed by atoms with Gasteiger partial charge in [0.1, 0.15) is 12.8 Å². The van der Waals surface area contributed by atoms with Gasteiger partial charge in [0.25, 0.3) is 0 Å². The lowest BCUT2D eigenvalue weighted by atomic mass is 9.81. The van der Waals surface area contributed by atoms with E-state index in [1.807, 2.05) is 0 Å². The van der Waals surface area contributed by atoms with Crippen LogP contribution >= 0.6 is 0 Å². The van der Waals surface area contributed by atoms with E-state index < -0.39 is 0 Å². The number of hydrogen-bond donors (Lipinski definition) is 0. The normalized spacial score (nSPS) is 18.7. The summed E-state index contributed by atoms with van der Waals surface area (Å²) in [6.45, 7) is 16.3. The molecule has 0 amide bonds. The third-order valence-corrected chi connectivity index (χ3v) is 8.38. The molecular weight excluding hydrogens is 464 g/mol. The van der Waals surface area contributed by atoms with E-state index in [1.54, 1.807) is 6.92 Å². The fourth-order valence-electron chi connectivity index (χ4n) is 6.16. The SMILES string of the molecule is CC(=O)CCCCCN1C(=CC=CC=CC2=[N+](C)c3ccc(C)cc3C2(C)C)C(C)(C)c2cc(C)ccc21. The van der Waals surface area contributed by atoms with Crippen LogP contribution in [0.5, 0.6) is 0 Å². The molecule has 2 heterocycles. The van der Waals surface area contributed by atoms with Crippen LogP contribution in [0.15, 0.2) is 72.5 Å². The summed E-state index contributed by atoms with van der Waals surface area (Å²) in [5.74, 6) is 0.288. The quantitative estimate of drug-likeness (QED) is 0.193. The van der Waals surface area contributed by atoms with E-state index >= 15 is 0 Å². The maximum absolute atomic E-state index is 11.3. The smallest absolute Gasteiger partial charge is 0.209 e. The molecular formula is C35H45N2O+. The van der Waals surface area contributed by atoms with Gasteiger partial charge in [-0.2, -0.15) is 4.58 Å². The van der Waals surface area contributed by atoms with Crippen molar-refractivity contribution in [1.82, 2.24) is 0 Å². The molecule has 2 aromatic rings. The van der Waals surface area contributed by atoms with Crippen LogP contribution in [-0.4, -0.2) is 29.7 Å². The second kappa shape index (κ2) is 10.9. The standard InChI is InChI=1S/C35H45N2O/c1-25-18-20-30-28(23-25)34(4,5)32(36(30)8)16-12-9-13-17-33-35(6,7)29-24-26(2)19-21-31(29)37(33)22-14-10-11-15-27(3)38/h9,12-13,16-21,23-24H,10-11,14-15,22H2,1-8H3/q+1. The van der Waals surface area contributed by atoms with Crippen LogP contribution < -0.4 is 4.90 Å². The lowest BCUT2D eigenvalue weighted by Gasteiger charge is -2.27. The number of aryl methyl sites for hydroxylation is 2. The first-order valence-electron chi connectivity index (χ1n) is 14.1. The molecule has 2 aliphatic heterocycles. The molecule has 0 unspecified atom stereocenters. The van der Waals surface area contributed by atoms with Crippen LogP contribution in [0.3, 0.4) is 0 Å². The highest BCUT2D eigenvalue weighted by Crippen LogP contribution is 2.48. The van der Waals surface area contributed by atoms with Gasteiger partial charge in [-0.1, -0.05) is 67.8 Å². The second-order valence-corrected chi connectivity index (χ2v) is 12.2. The Morgan fingerprint density at radius 1 is 0.868 bits per heavy atom. The monoisotopic (exact) mass is 509 g/mol. The molecule has 0 N–H and O–H groups in total. The Labute approximate surface area is 230 Å². The molecule has 4 rings (SSSR count). The summed E-state index contributed by atoms with van der Waals surface area (Å²) in [4.78, 5) is 13.8. The molecule has 0 fully saturated rings. The van der Waals surface area contributed by atoms with Crippen LogP contribution in [0.1, 0.15) is 82.6 Å². The molecule has 0 spiro atoms. The number of ketones is 1. The van der Waals surface area contributed by atoms with E-state index in [-0.39, 0.29) is 16.6 Å². The Morgan fingerprint density at radius 3 is 2.26 bits per heavy atom. The zero-order valence-electron chi connectivity index (χ0n) is 24.7. The maximum Gasteiger partial charge on any atom is 0.209 e. The molecule has 0 saturated carbocycles. The molecule has 0 saturated heterocycles. The Hall–Kier alpha value is -3.20. The van der Waals surface area contributed by atoms with Gasteiger partial charge in [0, 0.05) is 47.5 Å². The topological polar surface area (TPSA) is 23.3 Å². The highest BCUT2D eigenvalue weighted by atomic mass is 16.1. The van der Waals surface area contributed by atoms with E-state index in [9.17, 15) is 4.79 Å². The summed E-state index contributed by atoms with van der Waals surface area (Å²) in [6, 6.07) is 13.6. The van der Waals surface area contributed by atoms with Crippen molar-refractivity contribution in [3.8, 4) is 0 Å². The fourth-order valence-corrected chi connectivity index (χ4v) is 6.16. The summed E-state index contributed by atoms with van der Waals surface area (Å²) in [5, 5.41) is 0. The first-order valence-corrected chi connectivity index (χ1v) is 14.1. The number of unbranched alkanes of at least 4 members (excludes halogenated alkanes) is 2. The first-order chi connectivity index (χ1) is 17.9. The van der Waals surface area contributed by atoms with Crippen molar-refractivity contribution in [3.63, 3.8) is 0 Å². The largest absolute Gasteiger partial charge is 0.344 e. The van der Waals surface area contributed by atoms with Gasteiger partial charge >= 0.3 is 0 Å². The summed E-state index contributed by atoms with van der Waals surface area (Å²) >= 11 is 0. The molecule has 0 aliphatic carbocycles. The molecule has 0 atom stereocenters. The maximum atomic E-state index is 11.3. The molecule has 0 aromatic heterocycles. The van der Waals surface area contributed by atoms with Gasteiger partial charge < -0.3 is 9.69 Å². The van der Waals surface area contributed by atoms with Gasteiger partial charge in [-0.15, -0.1) is 0 Å². The van der Waals surface area contributed by atoms with Crippen molar-refractivity contribution in [2.45, 2.75) is 85.0 Å². The van der Waals surface area contributed by atoms with Crippen molar-refractivity contribution in [1.29, 1.82) is 0 Å². The fraction of sp³-hybridized carbons (Fsp3) is 0.429. The van der Waals surface area contributed by atoms with Crippen LogP contribution in [0, 0.1) is 13.8 Å². The molecule has 38 heavy (non-hydrogen) atoms. The average molecular weight is 510 g/mol. The Balaban J connectivity index is 1.55. The van der Waals surface area contributed by atoms with E-state index in [2.05, 4.69) is 125 Å². The second-order valence-electron chi connectivity index (χ2n) is 12.2. The zero-order valence-corrected chi connectivity index (χ0v) is 24.7. The number of nitrogens with zero attached hydrogens (tertiary/aromatic N) is 2. The van der Waals surface area contributed by atoms with Crippen LogP contribution in [0.4, 0.5) is 11.4 Å². The highest BCUT2D eigenvalue weighted by molar-refractivity contribution is 6.03. The van der Waals surface area contributed by atoms with E-state index in [1.165, 1.54) is 45.0 Å². The minimum absolute atomic E-state index is 0.0228. The number of hydrogen-bond acceptors (Lipinski definition) is 2. The molecule has 3 nitrogen and oxygen atoms in total. The number of allylic oxidation sites excluding steroid dienone is 6. The number of Topliss-reactive ketones (excluding diaryl/α,β-unsaturated/α-hetero) is 1. The van der Waals surface area contributed by atoms with E-state index in [0.717, 1.165) is 25.8 Å². The molecule has 200 valence electrons. The van der Waals surface area contributed by atoms with Gasteiger partial charge in [-0.25, -0.2) is 0 Å². The average Bonchev–Trinajstić information content (AvgIpc) is 3.16. The molecule has 0 bridgehead atoms. The molecule has 2 aromatic carbocycles. The molecule has 2 aliphatic rings. The number of carbonyl (C=O) groups is 1. The van der Waals surface area contributed by atoms with Crippen molar-refractivity contribution in [2.24, 2.45) is 0 Å². The lowest BCUT2D eigenvalue weighted by molar-refractivity contribution is -0.401. The Kier molecular flexibility index (Phi) is 7.97. The summed E-state index contributed by atoms with van der Waals surface area (Å²) < 4.78 is 2.32. The van der Waals surface area contributed by atoms with E-state index in [4.69, 9.17) is 0 Å². The number of fused-ring (bicyclic) bond motifs is 2. The molecule has 0 radical (unpaired) electrons. The van der Waals surface area contributed by atoms with Gasteiger partial charge in [-0.3, -0.25) is 0 Å². The summed E-state index contributed by atoms with van der Waals surface area (Å²) in [7, 11) is 2.17. The minimum Gasteiger partial charge on any atom is -0.344 e. The number of carbonyl (C=O) groups excluding carboxylic acids is 1. The Morgan fingerprint density at radius 2 is 1.55 bits per heavy atom. The zero-order chi connectivity index (χ0) is 27.7. The predicted molar refractivity (Wildman–Crippen MR) is 162 cm³/mol. The van der Waals surface area contributed by atoms with Crippen LogP contribution in [0.2, 0.25) is 0 Å². The van der Waals surface area contributed by atoms with Crippen molar-refractivity contribution < 1.29 is 9.37 Å². The van der Waals surface area contributed by atoms with Crippen molar-refractivity contribution in [3.05, 3.63) is 94.7 Å². The minimum atomic E-state index is -0.0588. The summed E-state index contributed by atoms with van der Waals surface area (Å²) in [6.07, 6.45) is 14.9.